The van der Waals surface area contributed by atoms with Crippen molar-refractivity contribution in [1.82, 2.24) is 9.80 Å². The number of ether oxygens (including phenoxy) is 1. The van der Waals surface area contributed by atoms with Crippen LogP contribution in [-0.2, 0) is 9.53 Å². The highest BCUT2D eigenvalue weighted by molar-refractivity contribution is 5.78. The van der Waals surface area contributed by atoms with Gasteiger partial charge < -0.3 is 9.64 Å². The van der Waals surface area contributed by atoms with Gasteiger partial charge in [-0.3, -0.25) is 9.69 Å². The fourth-order valence-corrected chi connectivity index (χ4v) is 3.91. The molecule has 0 bridgehead atoms. The first-order valence-electron chi connectivity index (χ1n) is 9.96. The Hall–Kier alpha value is -1.65. The van der Waals surface area contributed by atoms with Crippen LogP contribution in [0.3, 0.4) is 0 Å². The van der Waals surface area contributed by atoms with Crippen LogP contribution in [0.5, 0.6) is 0 Å². The number of benzene rings is 1. The number of carbonyl (C=O) groups is 1. The normalized spacial score (nSPS) is 20.5. The Morgan fingerprint density at radius 3 is 2.58 bits per heavy atom. The molecule has 4 nitrogen and oxygen atoms in total. The molecule has 1 aromatic carbocycles. The van der Waals surface area contributed by atoms with Crippen LogP contribution in [0, 0.1) is 19.8 Å². The van der Waals surface area contributed by atoms with Crippen molar-refractivity contribution in [3.63, 3.8) is 0 Å². The maximum Gasteiger partial charge on any atom is 0.236 e. The second-order valence-electron chi connectivity index (χ2n) is 7.62. The molecule has 0 atom stereocenters. The molecule has 0 saturated carbocycles. The molecule has 4 heteroatoms. The number of carbonyl (C=O) groups excluding carboxylic acids is 1. The van der Waals surface area contributed by atoms with E-state index in [1.54, 1.807) is 0 Å². The molecule has 0 aliphatic carbocycles. The van der Waals surface area contributed by atoms with Crippen LogP contribution in [0.25, 0.3) is 6.08 Å². The van der Waals surface area contributed by atoms with E-state index in [-0.39, 0.29) is 5.91 Å². The molecule has 0 aromatic heterocycles. The molecule has 1 aromatic rings. The lowest BCUT2D eigenvalue weighted by Gasteiger charge is -2.32. The third-order valence-electron chi connectivity index (χ3n) is 5.64. The molecule has 2 heterocycles. The van der Waals surface area contributed by atoms with E-state index >= 15 is 0 Å². The summed E-state index contributed by atoms with van der Waals surface area (Å²) in [6.07, 6.45) is 7.79. The minimum atomic E-state index is 0.282. The molecule has 0 N–H and O–H groups in total. The number of allylic oxidation sites excluding steroid dienone is 1. The van der Waals surface area contributed by atoms with Crippen molar-refractivity contribution < 1.29 is 9.53 Å². The van der Waals surface area contributed by atoms with Gasteiger partial charge in [-0.2, -0.15) is 0 Å². The van der Waals surface area contributed by atoms with Crippen molar-refractivity contribution in [3.05, 3.63) is 41.0 Å². The van der Waals surface area contributed by atoms with Gasteiger partial charge in [0.05, 0.1) is 13.2 Å². The number of nitrogens with zero attached hydrogens (tertiary/aromatic N) is 2. The Labute approximate surface area is 157 Å². The van der Waals surface area contributed by atoms with Crippen LogP contribution in [0.2, 0.25) is 0 Å². The fraction of sp³-hybridized carbons (Fsp3) is 0.591. The van der Waals surface area contributed by atoms with Crippen molar-refractivity contribution in [3.8, 4) is 0 Å². The molecule has 2 fully saturated rings. The van der Waals surface area contributed by atoms with Crippen molar-refractivity contribution in [1.29, 1.82) is 0 Å². The van der Waals surface area contributed by atoms with Gasteiger partial charge in [-0.1, -0.05) is 30.4 Å². The second kappa shape index (κ2) is 9.33. The maximum atomic E-state index is 12.6. The quantitative estimate of drug-likeness (QED) is 0.830. The number of aryl methyl sites for hydroxylation is 2. The molecule has 26 heavy (non-hydrogen) atoms. The third kappa shape index (κ3) is 5.18. The highest BCUT2D eigenvalue weighted by Gasteiger charge is 2.23. The van der Waals surface area contributed by atoms with E-state index in [9.17, 15) is 4.79 Å². The van der Waals surface area contributed by atoms with E-state index in [4.69, 9.17) is 4.74 Å². The third-order valence-corrected chi connectivity index (χ3v) is 5.64. The van der Waals surface area contributed by atoms with Crippen LogP contribution in [-0.4, -0.2) is 61.6 Å². The zero-order valence-corrected chi connectivity index (χ0v) is 16.2. The molecule has 2 aliphatic rings. The highest BCUT2D eigenvalue weighted by Crippen LogP contribution is 2.22. The van der Waals surface area contributed by atoms with Crippen LogP contribution in [0.1, 0.15) is 36.0 Å². The monoisotopic (exact) mass is 356 g/mol. The number of hydrogen-bond acceptors (Lipinski definition) is 3. The smallest absolute Gasteiger partial charge is 0.236 e. The van der Waals surface area contributed by atoms with E-state index in [0.717, 1.165) is 58.7 Å². The summed E-state index contributed by atoms with van der Waals surface area (Å²) in [4.78, 5) is 16.9. The largest absolute Gasteiger partial charge is 0.380 e. The zero-order valence-electron chi connectivity index (χ0n) is 16.2. The van der Waals surface area contributed by atoms with Crippen LogP contribution >= 0.6 is 0 Å². The van der Waals surface area contributed by atoms with Crippen molar-refractivity contribution in [2.75, 3.05) is 45.9 Å². The summed E-state index contributed by atoms with van der Waals surface area (Å²) in [5, 5.41) is 0. The summed E-state index contributed by atoms with van der Waals surface area (Å²) >= 11 is 0. The summed E-state index contributed by atoms with van der Waals surface area (Å²) in [6, 6.07) is 6.45. The molecule has 0 spiro atoms. The topological polar surface area (TPSA) is 32.8 Å². The Bertz CT molecular complexity index is 605. The molecular formula is C22H32N2O2. The maximum absolute atomic E-state index is 12.6. The number of amides is 1. The lowest BCUT2D eigenvalue weighted by Crippen LogP contribution is -2.44. The Kier molecular flexibility index (Phi) is 6.86. The average molecular weight is 357 g/mol. The van der Waals surface area contributed by atoms with Gasteiger partial charge in [0.2, 0.25) is 5.91 Å². The van der Waals surface area contributed by atoms with Gasteiger partial charge >= 0.3 is 0 Å². The van der Waals surface area contributed by atoms with Crippen LogP contribution in [0.15, 0.2) is 24.3 Å². The van der Waals surface area contributed by atoms with E-state index in [2.05, 4.69) is 54.0 Å². The van der Waals surface area contributed by atoms with Crippen LogP contribution < -0.4 is 0 Å². The zero-order chi connectivity index (χ0) is 18.4. The first-order valence-corrected chi connectivity index (χ1v) is 9.96. The minimum absolute atomic E-state index is 0.282. The predicted molar refractivity (Wildman–Crippen MR) is 106 cm³/mol. The first kappa shape index (κ1) is 19.1. The van der Waals surface area contributed by atoms with Crippen molar-refractivity contribution >= 4 is 12.0 Å². The van der Waals surface area contributed by atoms with Gasteiger partial charge in [0, 0.05) is 32.8 Å². The van der Waals surface area contributed by atoms with Gasteiger partial charge in [-0.05, 0) is 55.7 Å². The van der Waals surface area contributed by atoms with Gasteiger partial charge in [-0.15, -0.1) is 0 Å². The molecule has 1 amide bonds. The van der Waals surface area contributed by atoms with Gasteiger partial charge in [-0.25, -0.2) is 0 Å². The summed E-state index contributed by atoms with van der Waals surface area (Å²) in [5.74, 6) is 0.855. The van der Waals surface area contributed by atoms with Gasteiger partial charge in [0.15, 0.2) is 0 Å². The Balaban J connectivity index is 1.47. The van der Waals surface area contributed by atoms with E-state index in [0.29, 0.717) is 12.5 Å². The van der Waals surface area contributed by atoms with E-state index in [1.807, 2.05) is 0 Å². The second-order valence-corrected chi connectivity index (χ2v) is 7.62. The average Bonchev–Trinajstić information content (AvgIpc) is 2.90. The Morgan fingerprint density at radius 1 is 1.12 bits per heavy atom. The molecule has 0 radical (unpaired) electrons. The van der Waals surface area contributed by atoms with E-state index in [1.165, 1.54) is 16.7 Å². The molecule has 0 unspecified atom stereocenters. The fourth-order valence-electron chi connectivity index (χ4n) is 3.91. The van der Waals surface area contributed by atoms with Crippen molar-refractivity contribution in [2.24, 2.45) is 5.92 Å². The Morgan fingerprint density at radius 2 is 1.85 bits per heavy atom. The van der Waals surface area contributed by atoms with Crippen LogP contribution in [0.4, 0.5) is 0 Å². The number of hydrogen-bond donors (Lipinski definition) is 0. The van der Waals surface area contributed by atoms with Gasteiger partial charge in [0.1, 0.15) is 0 Å². The summed E-state index contributed by atoms with van der Waals surface area (Å²) in [6.45, 7) is 10.1. The molecule has 2 saturated heterocycles. The van der Waals surface area contributed by atoms with Crippen molar-refractivity contribution in [2.45, 2.75) is 33.1 Å². The summed E-state index contributed by atoms with van der Waals surface area (Å²) in [7, 11) is 0. The predicted octanol–water partition coefficient (Wildman–Crippen LogP) is 3.28. The summed E-state index contributed by atoms with van der Waals surface area (Å²) < 4.78 is 5.47. The SMILES string of the molecule is Cc1cccc(C)c1/C=C/C1CCN(C(=O)CN2CCCOCC2)CC1. The summed E-state index contributed by atoms with van der Waals surface area (Å²) in [5.41, 5.74) is 4.00. The standard InChI is InChI=1S/C22H32N2O2/c1-18-5-3-6-19(2)21(18)8-7-20-9-12-24(13-10-20)22(25)17-23-11-4-15-26-16-14-23/h3,5-8,20H,4,9-17H2,1-2H3/b8-7+. The minimum Gasteiger partial charge on any atom is -0.380 e. The lowest BCUT2D eigenvalue weighted by atomic mass is 9.94. The molecule has 142 valence electrons. The molecule has 3 rings (SSSR count). The number of rotatable bonds is 4. The van der Waals surface area contributed by atoms with E-state index < -0.39 is 0 Å². The number of piperidine rings is 1. The first-order chi connectivity index (χ1) is 12.6. The molecule has 2 aliphatic heterocycles. The molecular weight excluding hydrogens is 324 g/mol. The van der Waals surface area contributed by atoms with Gasteiger partial charge in [0.25, 0.3) is 0 Å². The number of likely N-dealkylation sites (tertiary alicyclic amines) is 1. The highest BCUT2D eigenvalue weighted by atomic mass is 16.5. The lowest BCUT2D eigenvalue weighted by molar-refractivity contribution is -0.133.